The van der Waals surface area contributed by atoms with Crippen LogP contribution in [-0.2, 0) is 0 Å². The highest BCUT2D eigenvalue weighted by atomic mass is 35.5. The smallest absolute Gasteiger partial charge is 0.291 e. The van der Waals surface area contributed by atoms with Gasteiger partial charge in [-0.05, 0) is 12.1 Å². The van der Waals surface area contributed by atoms with Gasteiger partial charge in [0.2, 0.25) is 5.62 Å². The van der Waals surface area contributed by atoms with E-state index in [4.69, 9.17) is 16.1 Å². The molecule has 1 rings (SSSR count). The molecule has 58 valence electrons. The van der Waals surface area contributed by atoms with Gasteiger partial charge in [0.25, 0.3) is 0 Å². The highest BCUT2D eigenvalue weighted by Gasteiger charge is 2.05. The van der Waals surface area contributed by atoms with Crippen molar-refractivity contribution >= 4 is 25.7 Å². The largest absolute Gasteiger partial charge is 0.315 e. The molecular weight excluding hydrogens is 179 g/mol. The Labute approximate surface area is 72.4 Å². The minimum atomic E-state index is -0.739. The van der Waals surface area contributed by atoms with Crippen LogP contribution in [0, 0.1) is 0 Å². The van der Waals surface area contributed by atoms with Gasteiger partial charge in [0.05, 0.1) is 0 Å². The Morgan fingerprint density at radius 2 is 2.00 bits per heavy atom. The van der Waals surface area contributed by atoms with Crippen molar-refractivity contribution in [3.63, 3.8) is 0 Å². The molecule has 0 saturated heterocycles. The molecule has 0 heterocycles. The van der Waals surface area contributed by atoms with Crippen LogP contribution in [0.4, 0.5) is 0 Å². The van der Waals surface area contributed by atoms with Gasteiger partial charge >= 0.3 is 7.77 Å². The maximum atomic E-state index is 5.54. The Morgan fingerprint density at radius 1 is 1.36 bits per heavy atom. The molecule has 0 amide bonds. The molecule has 0 aliphatic heterocycles. The van der Waals surface area contributed by atoms with Crippen LogP contribution in [0.15, 0.2) is 30.3 Å². The lowest BCUT2D eigenvalue weighted by molar-refractivity contribution is 0.631. The van der Waals surface area contributed by atoms with Crippen LogP contribution in [0.5, 0.6) is 5.75 Å². The summed E-state index contributed by atoms with van der Waals surface area (Å²) in [4.78, 5) is 0. The lowest BCUT2D eigenvalue weighted by atomic mass is 10.3. The molecule has 1 atom stereocenters. The Bertz CT molecular complexity index is 235. The molecule has 1 nitrogen and oxygen atoms in total. The summed E-state index contributed by atoms with van der Waals surface area (Å²) in [6.45, 7) is 0. The molecule has 0 aromatic heterocycles. The van der Waals surface area contributed by atoms with Crippen molar-refractivity contribution in [1.82, 2.24) is 0 Å². The normalized spacial score (nSPS) is 10.8. The van der Waals surface area contributed by atoms with Gasteiger partial charge in [0.1, 0.15) is 6.30 Å². The first-order valence-corrected chi connectivity index (χ1v) is 5.36. The number of alkyl halides is 1. The number of benzene rings is 1. The number of halogens is 1. The number of hydrogen-bond acceptors (Lipinski definition) is 1. The van der Waals surface area contributed by atoms with E-state index in [-0.39, 0.29) is 0 Å². The van der Waals surface area contributed by atoms with Crippen LogP contribution in [0.2, 0.25) is 0 Å². The molecule has 0 bridgehead atoms. The fraction of sp³-hybridized carbons (Fsp3) is 0.125. The topological polar surface area (TPSA) is 9.23 Å². The summed E-state index contributed by atoms with van der Waals surface area (Å²) in [5.41, 5.74) is 0.476. The molecular formula is C8H9ClOP+. The van der Waals surface area contributed by atoms with Crippen molar-refractivity contribution < 1.29 is 4.52 Å². The maximum Gasteiger partial charge on any atom is 0.315 e. The van der Waals surface area contributed by atoms with Crippen molar-refractivity contribution in [2.45, 2.75) is 0 Å². The quantitative estimate of drug-likeness (QED) is 0.522. The third-order valence-corrected chi connectivity index (χ3v) is 2.65. The molecule has 0 radical (unpaired) electrons. The lowest BCUT2D eigenvalue weighted by Gasteiger charge is -1.92. The maximum absolute atomic E-state index is 5.54. The minimum Gasteiger partial charge on any atom is -0.291 e. The summed E-state index contributed by atoms with van der Waals surface area (Å²) in [5.74, 6) is 0.842. The number of para-hydroxylation sites is 1. The molecule has 11 heavy (non-hydrogen) atoms. The Balaban J connectivity index is 2.58. The second-order valence-electron chi connectivity index (χ2n) is 2.01. The van der Waals surface area contributed by atoms with E-state index >= 15 is 0 Å². The van der Waals surface area contributed by atoms with E-state index in [0.717, 1.165) is 5.75 Å². The van der Waals surface area contributed by atoms with E-state index in [2.05, 4.69) is 6.30 Å². The zero-order valence-corrected chi connectivity index (χ0v) is 7.68. The van der Waals surface area contributed by atoms with E-state index in [1.54, 1.807) is 0 Å². The van der Waals surface area contributed by atoms with Crippen molar-refractivity contribution in [3.05, 3.63) is 30.3 Å². The molecule has 1 unspecified atom stereocenters. The molecule has 1 aromatic rings. The highest BCUT2D eigenvalue weighted by molar-refractivity contribution is 7.52. The van der Waals surface area contributed by atoms with Crippen LogP contribution in [0.3, 0.4) is 0 Å². The molecule has 0 spiro atoms. The van der Waals surface area contributed by atoms with Crippen LogP contribution >= 0.6 is 19.4 Å². The van der Waals surface area contributed by atoms with Gasteiger partial charge in [-0.25, -0.2) is 0 Å². The van der Waals surface area contributed by atoms with Crippen LogP contribution < -0.4 is 4.52 Å². The standard InChI is InChI=1S/C8H9ClOP/c1-11(7-9)10-8-5-3-2-4-6-8/h2-6H,1,7H2/q+1. The van der Waals surface area contributed by atoms with E-state index < -0.39 is 7.77 Å². The van der Waals surface area contributed by atoms with Crippen molar-refractivity contribution in [1.29, 1.82) is 0 Å². The molecule has 0 aliphatic carbocycles. The SMILES string of the molecule is C=[P+](CCl)Oc1ccccc1. The second-order valence-corrected chi connectivity index (χ2v) is 4.11. The highest BCUT2D eigenvalue weighted by Crippen LogP contribution is 2.26. The van der Waals surface area contributed by atoms with E-state index in [1.165, 1.54) is 0 Å². The van der Waals surface area contributed by atoms with Crippen molar-refractivity contribution in [2.24, 2.45) is 0 Å². The van der Waals surface area contributed by atoms with Gasteiger partial charge in [-0.3, -0.25) is 4.52 Å². The van der Waals surface area contributed by atoms with E-state index in [1.807, 2.05) is 30.3 Å². The summed E-state index contributed by atoms with van der Waals surface area (Å²) in [7, 11) is -0.739. The third-order valence-electron chi connectivity index (χ3n) is 1.11. The Hall–Kier alpha value is -0.520. The number of hydrogen-bond donors (Lipinski definition) is 0. The van der Waals surface area contributed by atoms with Gasteiger partial charge in [0.15, 0.2) is 5.75 Å². The summed E-state index contributed by atoms with van der Waals surface area (Å²) >= 11 is 5.54. The predicted octanol–water partition coefficient (Wildman–Crippen LogP) is 3.09. The van der Waals surface area contributed by atoms with E-state index in [0.29, 0.717) is 5.62 Å². The van der Waals surface area contributed by atoms with Crippen LogP contribution in [0.25, 0.3) is 0 Å². The van der Waals surface area contributed by atoms with E-state index in [9.17, 15) is 0 Å². The van der Waals surface area contributed by atoms with Crippen LogP contribution in [0.1, 0.15) is 0 Å². The Morgan fingerprint density at radius 3 is 2.55 bits per heavy atom. The zero-order valence-electron chi connectivity index (χ0n) is 6.03. The second kappa shape index (κ2) is 4.38. The summed E-state index contributed by atoms with van der Waals surface area (Å²) in [6, 6.07) is 9.58. The minimum absolute atomic E-state index is 0.476. The first-order chi connectivity index (χ1) is 5.33. The zero-order chi connectivity index (χ0) is 8.10. The van der Waals surface area contributed by atoms with Crippen molar-refractivity contribution in [2.75, 3.05) is 5.62 Å². The first-order valence-electron chi connectivity index (χ1n) is 3.20. The van der Waals surface area contributed by atoms with Gasteiger partial charge in [-0.1, -0.05) is 29.8 Å². The van der Waals surface area contributed by atoms with Crippen LogP contribution in [-0.4, -0.2) is 11.9 Å². The first kappa shape index (κ1) is 8.58. The van der Waals surface area contributed by atoms with Crippen molar-refractivity contribution in [3.8, 4) is 5.75 Å². The lowest BCUT2D eigenvalue weighted by Crippen LogP contribution is -1.80. The molecule has 3 heteroatoms. The average molecular weight is 188 g/mol. The van der Waals surface area contributed by atoms with Gasteiger partial charge < -0.3 is 0 Å². The summed E-state index contributed by atoms with van der Waals surface area (Å²) in [6.07, 6.45) is 3.76. The fourth-order valence-corrected chi connectivity index (χ4v) is 1.27. The molecule has 0 fully saturated rings. The number of rotatable bonds is 3. The Kier molecular flexibility index (Phi) is 3.41. The predicted molar refractivity (Wildman–Crippen MR) is 51.8 cm³/mol. The molecule has 0 N–H and O–H groups in total. The van der Waals surface area contributed by atoms with Gasteiger partial charge in [-0.2, -0.15) is 0 Å². The third kappa shape index (κ3) is 2.92. The average Bonchev–Trinajstić information content (AvgIpc) is 2.06. The van der Waals surface area contributed by atoms with Gasteiger partial charge in [0, 0.05) is 0 Å². The molecule has 1 aromatic carbocycles. The fourth-order valence-electron chi connectivity index (χ4n) is 0.655. The molecule has 0 aliphatic rings. The summed E-state index contributed by atoms with van der Waals surface area (Å²) in [5, 5.41) is 0. The summed E-state index contributed by atoms with van der Waals surface area (Å²) < 4.78 is 5.39. The van der Waals surface area contributed by atoms with Gasteiger partial charge in [-0.15, -0.1) is 0 Å². The monoisotopic (exact) mass is 187 g/mol. The molecule has 0 saturated carbocycles.